The summed E-state index contributed by atoms with van der Waals surface area (Å²) in [5.74, 6) is 0.791. The number of phenolic OH excluding ortho intramolecular Hbond substituents is 1. The number of carbonyl (C=O) groups excluding carboxylic acids is 2. The number of phenols is 1. The second kappa shape index (κ2) is 13.6. The number of ether oxygens (including phenoxy) is 3. The van der Waals surface area contributed by atoms with E-state index in [-0.39, 0.29) is 30.4 Å². The van der Waals surface area contributed by atoms with Crippen molar-refractivity contribution in [2.45, 2.75) is 25.9 Å². The van der Waals surface area contributed by atoms with Crippen LogP contribution >= 0.6 is 0 Å². The minimum atomic E-state index is -0.266. The van der Waals surface area contributed by atoms with Crippen molar-refractivity contribution in [1.82, 2.24) is 19.4 Å². The maximum absolute atomic E-state index is 15.0. The fourth-order valence-corrected chi connectivity index (χ4v) is 7.33. The lowest BCUT2D eigenvalue weighted by Crippen LogP contribution is -2.52. The van der Waals surface area contributed by atoms with E-state index in [1.807, 2.05) is 41.6 Å². The van der Waals surface area contributed by atoms with Crippen LogP contribution in [0.5, 0.6) is 17.2 Å². The van der Waals surface area contributed by atoms with Crippen molar-refractivity contribution in [2.24, 2.45) is 7.05 Å². The molecule has 1 atom stereocenters. The molecule has 2 amide bonds. The first-order valence-electron chi connectivity index (χ1n) is 17.2. The van der Waals surface area contributed by atoms with E-state index in [1.54, 1.807) is 59.8 Å². The molecular weight excluding hydrogens is 646 g/mol. The lowest BCUT2D eigenvalue weighted by Gasteiger charge is -2.40. The molecule has 11 heteroatoms. The fourth-order valence-electron chi connectivity index (χ4n) is 7.33. The van der Waals surface area contributed by atoms with Crippen LogP contribution in [-0.4, -0.2) is 82.0 Å². The lowest BCUT2D eigenvalue weighted by atomic mass is 9.92. The predicted molar refractivity (Wildman–Crippen MR) is 192 cm³/mol. The van der Waals surface area contributed by atoms with Crippen LogP contribution in [0.2, 0.25) is 0 Å². The first-order chi connectivity index (χ1) is 24.9. The van der Waals surface area contributed by atoms with Gasteiger partial charge in [-0.05, 0) is 79.1 Å². The zero-order chi connectivity index (χ0) is 35.1. The summed E-state index contributed by atoms with van der Waals surface area (Å²) in [7, 11) is 1.90. The molecular formula is C40H39N5O6. The van der Waals surface area contributed by atoms with Gasteiger partial charge in [-0.1, -0.05) is 24.3 Å². The van der Waals surface area contributed by atoms with Crippen molar-refractivity contribution in [3.63, 3.8) is 0 Å². The van der Waals surface area contributed by atoms with Crippen molar-refractivity contribution in [3.8, 4) is 28.5 Å². The molecule has 0 bridgehead atoms. The normalized spacial score (nSPS) is 16.9. The van der Waals surface area contributed by atoms with E-state index < -0.39 is 0 Å². The van der Waals surface area contributed by atoms with Gasteiger partial charge in [-0.25, -0.2) is 0 Å². The van der Waals surface area contributed by atoms with Gasteiger partial charge < -0.3 is 28.8 Å². The first kappa shape index (κ1) is 32.5. The number of pyridine rings is 1. The summed E-state index contributed by atoms with van der Waals surface area (Å²) in [5.41, 5.74) is 6.63. The average molecular weight is 686 g/mol. The quantitative estimate of drug-likeness (QED) is 0.232. The number of carbonyl (C=O) groups is 2. The van der Waals surface area contributed by atoms with E-state index in [0.29, 0.717) is 65.0 Å². The zero-order valence-electron chi connectivity index (χ0n) is 28.6. The van der Waals surface area contributed by atoms with Gasteiger partial charge in [0.25, 0.3) is 11.8 Å². The summed E-state index contributed by atoms with van der Waals surface area (Å²) in [5, 5.41) is 9.98. The Balaban J connectivity index is 1.20. The Morgan fingerprint density at radius 1 is 0.882 bits per heavy atom. The molecule has 1 saturated heterocycles. The molecule has 3 aromatic carbocycles. The minimum Gasteiger partial charge on any atom is -0.508 e. The van der Waals surface area contributed by atoms with Gasteiger partial charge >= 0.3 is 0 Å². The molecule has 5 aromatic rings. The molecule has 2 aromatic heterocycles. The van der Waals surface area contributed by atoms with Crippen LogP contribution in [0.4, 0.5) is 11.4 Å². The minimum absolute atomic E-state index is 0.0460. The van der Waals surface area contributed by atoms with E-state index in [0.717, 1.165) is 37.3 Å². The maximum Gasteiger partial charge on any atom is 0.264 e. The van der Waals surface area contributed by atoms with Gasteiger partial charge in [0, 0.05) is 74.3 Å². The molecule has 0 spiro atoms. The van der Waals surface area contributed by atoms with E-state index in [1.165, 1.54) is 5.56 Å². The SMILES string of the molecule is Cc1c(C(=O)N(c2ccncc2)c2ccc(O)cc2)cc(-c2cc3c(cc2C(=O)N2Cc4ccccc4C[C@H]2CN2CCOCC2)OCO3)n1C. The maximum atomic E-state index is 15.0. The van der Waals surface area contributed by atoms with E-state index in [4.69, 9.17) is 14.2 Å². The number of aromatic hydroxyl groups is 1. The topological polar surface area (TPSA) is 110 Å². The van der Waals surface area contributed by atoms with Gasteiger partial charge in [0.15, 0.2) is 11.5 Å². The number of nitrogens with zero attached hydrogens (tertiary/aromatic N) is 5. The van der Waals surface area contributed by atoms with Crippen LogP contribution in [0.25, 0.3) is 11.3 Å². The largest absolute Gasteiger partial charge is 0.508 e. The number of hydrogen-bond donors (Lipinski definition) is 1. The third-order valence-corrected chi connectivity index (χ3v) is 10.2. The molecule has 51 heavy (non-hydrogen) atoms. The number of rotatable bonds is 7. The number of aromatic nitrogens is 2. The Hall–Kier alpha value is -5.65. The average Bonchev–Trinajstić information content (AvgIpc) is 3.75. The van der Waals surface area contributed by atoms with Gasteiger partial charge in [0.1, 0.15) is 5.75 Å². The fraction of sp³-hybridized carbons (Fsp3) is 0.275. The van der Waals surface area contributed by atoms with Crippen LogP contribution in [0.1, 0.15) is 37.5 Å². The molecule has 260 valence electrons. The van der Waals surface area contributed by atoms with E-state index in [2.05, 4.69) is 28.1 Å². The number of hydrogen-bond acceptors (Lipinski definition) is 8. The number of fused-ring (bicyclic) bond motifs is 2. The highest BCUT2D eigenvalue weighted by Crippen LogP contribution is 2.41. The van der Waals surface area contributed by atoms with Crippen LogP contribution in [0.15, 0.2) is 91.3 Å². The first-order valence-corrected chi connectivity index (χ1v) is 17.2. The highest BCUT2D eigenvalue weighted by Gasteiger charge is 2.35. The van der Waals surface area contributed by atoms with E-state index in [9.17, 15) is 14.7 Å². The molecule has 0 saturated carbocycles. The second-order valence-corrected chi connectivity index (χ2v) is 13.2. The van der Waals surface area contributed by atoms with Gasteiger partial charge in [-0.3, -0.25) is 24.4 Å². The summed E-state index contributed by atoms with van der Waals surface area (Å²) in [4.78, 5) is 39.6. The standard InChI is InChI=1S/C40H39N5O6/c1-26-33(40(48)45(30-11-13-41-14-12-30)29-7-9-32(46)10-8-29)20-36(42(26)2)34-21-37-38(51-25-50-37)22-35(34)39(47)44-23-28-6-4-3-5-27(28)19-31(44)24-43-15-17-49-18-16-43/h3-14,20-22,31,46H,15-19,23-25H2,1-2H3/t31-/m0/s1. The summed E-state index contributed by atoms with van der Waals surface area (Å²) < 4.78 is 19.2. The predicted octanol–water partition coefficient (Wildman–Crippen LogP) is 5.71. The molecule has 1 fully saturated rings. The lowest BCUT2D eigenvalue weighted by molar-refractivity contribution is 0.0193. The van der Waals surface area contributed by atoms with Gasteiger partial charge in [-0.15, -0.1) is 0 Å². The van der Waals surface area contributed by atoms with Crippen LogP contribution < -0.4 is 14.4 Å². The molecule has 5 heterocycles. The molecule has 0 aliphatic carbocycles. The van der Waals surface area contributed by atoms with Gasteiger partial charge in [0.2, 0.25) is 6.79 Å². The third-order valence-electron chi connectivity index (χ3n) is 10.2. The van der Waals surface area contributed by atoms with Crippen LogP contribution in [0, 0.1) is 6.92 Å². The Bertz CT molecular complexity index is 2090. The smallest absolute Gasteiger partial charge is 0.264 e. The third kappa shape index (κ3) is 6.19. The van der Waals surface area contributed by atoms with E-state index >= 15 is 0 Å². The molecule has 1 N–H and O–H groups in total. The highest BCUT2D eigenvalue weighted by atomic mass is 16.7. The summed E-state index contributed by atoms with van der Waals surface area (Å²) >= 11 is 0. The Labute approximate surface area is 296 Å². The van der Waals surface area contributed by atoms with Crippen LogP contribution in [-0.2, 0) is 24.8 Å². The van der Waals surface area contributed by atoms with Crippen molar-refractivity contribution in [2.75, 3.05) is 44.5 Å². The summed E-state index contributed by atoms with van der Waals surface area (Å²) in [6, 6.07) is 23.8. The Kier molecular flexibility index (Phi) is 8.66. The summed E-state index contributed by atoms with van der Waals surface area (Å²) in [6.07, 6.45) is 4.02. The van der Waals surface area contributed by atoms with Crippen molar-refractivity contribution >= 4 is 23.2 Å². The molecule has 8 rings (SSSR count). The van der Waals surface area contributed by atoms with Crippen molar-refractivity contribution in [1.29, 1.82) is 0 Å². The number of anilines is 2. The zero-order valence-corrected chi connectivity index (χ0v) is 28.6. The molecule has 3 aliphatic heterocycles. The second-order valence-electron chi connectivity index (χ2n) is 13.2. The molecule has 0 radical (unpaired) electrons. The molecule has 0 unspecified atom stereocenters. The number of morpholine rings is 1. The number of amides is 2. The van der Waals surface area contributed by atoms with Crippen molar-refractivity contribution < 1.29 is 28.9 Å². The highest BCUT2D eigenvalue weighted by molar-refractivity contribution is 6.12. The van der Waals surface area contributed by atoms with Gasteiger partial charge in [-0.2, -0.15) is 0 Å². The summed E-state index contributed by atoms with van der Waals surface area (Å²) in [6.45, 7) is 6.21. The Morgan fingerprint density at radius 2 is 1.57 bits per heavy atom. The van der Waals surface area contributed by atoms with Gasteiger partial charge in [0.05, 0.1) is 30.0 Å². The molecule has 11 nitrogen and oxygen atoms in total. The van der Waals surface area contributed by atoms with Crippen LogP contribution in [0.3, 0.4) is 0 Å². The molecule has 3 aliphatic rings. The number of benzene rings is 3. The van der Waals surface area contributed by atoms with Crippen molar-refractivity contribution in [3.05, 3.63) is 119 Å². The monoisotopic (exact) mass is 685 g/mol. The Morgan fingerprint density at radius 3 is 2.31 bits per heavy atom.